The standard InChI is InChI=1S/C21H20N2O3S/c24-17(15-7-6-13-3-1-4-14(13)11-15)12-23-19(25)21(22-20(23)26)9-2-5-18-16(21)8-10-27-18/h6-8,10-11H,1-5,9,12H2,(H,22,26). The Balaban J connectivity index is 1.41. The van der Waals surface area contributed by atoms with Crippen LogP contribution in [0, 0.1) is 0 Å². The summed E-state index contributed by atoms with van der Waals surface area (Å²) in [7, 11) is 0. The molecule has 0 radical (unpaired) electrons. The third-order valence-electron chi connectivity index (χ3n) is 6.06. The lowest BCUT2D eigenvalue weighted by Crippen LogP contribution is -2.46. The van der Waals surface area contributed by atoms with E-state index < -0.39 is 11.6 Å². The predicted molar refractivity (Wildman–Crippen MR) is 102 cm³/mol. The van der Waals surface area contributed by atoms with Crippen molar-refractivity contribution in [2.45, 2.75) is 44.1 Å². The highest BCUT2D eigenvalue weighted by atomic mass is 32.1. The molecule has 1 aromatic carbocycles. The molecule has 1 saturated heterocycles. The predicted octanol–water partition coefficient (Wildman–Crippen LogP) is 3.20. The number of thiophene rings is 1. The summed E-state index contributed by atoms with van der Waals surface area (Å²) in [6, 6.07) is 7.22. The number of Topliss-reactive ketones (excluding diaryl/α,β-unsaturated/α-hetero) is 1. The first-order valence-electron chi connectivity index (χ1n) is 9.44. The first-order valence-corrected chi connectivity index (χ1v) is 10.3. The Labute approximate surface area is 161 Å². The molecule has 6 heteroatoms. The zero-order chi connectivity index (χ0) is 18.6. The molecule has 27 heavy (non-hydrogen) atoms. The normalized spacial score (nSPS) is 23.5. The number of urea groups is 1. The molecular weight excluding hydrogens is 360 g/mol. The largest absolute Gasteiger partial charge is 0.325 e. The first-order chi connectivity index (χ1) is 13.1. The molecule has 5 nitrogen and oxygen atoms in total. The second-order valence-electron chi connectivity index (χ2n) is 7.60. The highest BCUT2D eigenvalue weighted by molar-refractivity contribution is 7.10. The van der Waals surface area contributed by atoms with Crippen LogP contribution >= 0.6 is 11.3 Å². The van der Waals surface area contributed by atoms with Crippen molar-refractivity contribution in [3.63, 3.8) is 0 Å². The minimum Gasteiger partial charge on any atom is -0.319 e. The van der Waals surface area contributed by atoms with E-state index in [1.54, 1.807) is 11.3 Å². The van der Waals surface area contributed by atoms with Crippen LogP contribution in [-0.4, -0.2) is 29.2 Å². The quantitative estimate of drug-likeness (QED) is 0.657. The third-order valence-corrected chi connectivity index (χ3v) is 7.04. The van der Waals surface area contributed by atoms with Gasteiger partial charge in [0.15, 0.2) is 5.78 Å². The minimum atomic E-state index is -0.983. The summed E-state index contributed by atoms with van der Waals surface area (Å²) < 4.78 is 0. The van der Waals surface area contributed by atoms with Gasteiger partial charge in [0.2, 0.25) is 0 Å². The maximum Gasteiger partial charge on any atom is 0.325 e. The van der Waals surface area contributed by atoms with E-state index in [4.69, 9.17) is 0 Å². The summed E-state index contributed by atoms with van der Waals surface area (Å²) in [5.74, 6) is -0.479. The fourth-order valence-electron chi connectivity index (χ4n) is 4.67. The minimum absolute atomic E-state index is 0.188. The Hall–Kier alpha value is -2.47. The lowest BCUT2D eigenvalue weighted by atomic mass is 9.80. The van der Waals surface area contributed by atoms with Crippen LogP contribution in [-0.2, 0) is 29.6 Å². The van der Waals surface area contributed by atoms with Gasteiger partial charge in [0.05, 0.1) is 6.54 Å². The number of aryl methyl sites for hydroxylation is 3. The molecule has 138 valence electrons. The lowest BCUT2D eigenvalue weighted by Gasteiger charge is -2.31. The molecule has 1 atom stereocenters. The molecule has 1 N–H and O–H groups in total. The van der Waals surface area contributed by atoms with E-state index in [0.717, 1.165) is 47.4 Å². The fraction of sp³-hybridized carbons (Fsp3) is 0.381. The van der Waals surface area contributed by atoms with E-state index in [1.165, 1.54) is 11.1 Å². The second kappa shape index (κ2) is 6.02. The number of fused-ring (bicyclic) bond motifs is 3. The highest BCUT2D eigenvalue weighted by Crippen LogP contribution is 2.42. The van der Waals surface area contributed by atoms with E-state index in [1.807, 2.05) is 29.6 Å². The van der Waals surface area contributed by atoms with E-state index >= 15 is 0 Å². The van der Waals surface area contributed by atoms with Gasteiger partial charge in [-0.1, -0.05) is 12.1 Å². The Morgan fingerprint density at radius 2 is 1.96 bits per heavy atom. The van der Waals surface area contributed by atoms with Gasteiger partial charge in [-0.05, 0) is 67.2 Å². The molecule has 3 amide bonds. The van der Waals surface area contributed by atoms with Crippen molar-refractivity contribution in [2.24, 2.45) is 0 Å². The van der Waals surface area contributed by atoms with Crippen molar-refractivity contribution in [3.05, 3.63) is 56.8 Å². The smallest absolute Gasteiger partial charge is 0.319 e. The molecule has 1 aromatic heterocycles. The molecule has 2 aromatic rings. The molecule has 2 aliphatic carbocycles. The second-order valence-corrected chi connectivity index (χ2v) is 8.60. The first kappa shape index (κ1) is 16.7. The number of imide groups is 1. The average Bonchev–Trinajstić information content (AvgIpc) is 3.37. The number of hydrogen-bond acceptors (Lipinski definition) is 4. The molecule has 1 spiro atoms. The van der Waals surface area contributed by atoms with Gasteiger partial charge in [0, 0.05) is 16.0 Å². The Morgan fingerprint density at radius 3 is 2.85 bits per heavy atom. The maximum atomic E-state index is 13.2. The van der Waals surface area contributed by atoms with E-state index in [-0.39, 0.29) is 18.2 Å². The Kier molecular flexibility index (Phi) is 3.72. The average molecular weight is 380 g/mol. The number of hydrogen-bond donors (Lipinski definition) is 1. The van der Waals surface area contributed by atoms with Crippen LogP contribution in [0.3, 0.4) is 0 Å². The van der Waals surface area contributed by atoms with Crippen LogP contribution in [0.4, 0.5) is 4.79 Å². The zero-order valence-electron chi connectivity index (χ0n) is 14.9. The molecule has 2 heterocycles. The number of carbonyl (C=O) groups is 3. The number of benzene rings is 1. The van der Waals surface area contributed by atoms with Gasteiger partial charge < -0.3 is 5.32 Å². The van der Waals surface area contributed by atoms with Crippen LogP contribution in [0.15, 0.2) is 29.6 Å². The van der Waals surface area contributed by atoms with Crippen LogP contribution in [0.1, 0.15) is 51.2 Å². The van der Waals surface area contributed by atoms with Crippen molar-refractivity contribution < 1.29 is 14.4 Å². The lowest BCUT2D eigenvalue weighted by molar-refractivity contribution is -0.131. The number of nitrogens with one attached hydrogen (secondary N) is 1. The monoisotopic (exact) mass is 380 g/mol. The van der Waals surface area contributed by atoms with E-state index in [0.29, 0.717) is 12.0 Å². The summed E-state index contributed by atoms with van der Waals surface area (Å²) in [4.78, 5) is 40.8. The molecule has 5 rings (SSSR count). The van der Waals surface area contributed by atoms with Gasteiger partial charge >= 0.3 is 6.03 Å². The number of amides is 3. The number of nitrogens with zero attached hydrogens (tertiary/aromatic N) is 1. The Morgan fingerprint density at radius 1 is 1.11 bits per heavy atom. The molecule has 1 unspecified atom stereocenters. The summed E-state index contributed by atoms with van der Waals surface area (Å²) in [6.45, 7) is -0.204. The zero-order valence-corrected chi connectivity index (χ0v) is 15.7. The van der Waals surface area contributed by atoms with Crippen molar-refractivity contribution in [2.75, 3.05) is 6.54 Å². The van der Waals surface area contributed by atoms with Gasteiger partial charge in [-0.2, -0.15) is 0 Å². The highest BCUT2D eigenvalue weighted by Gasteiger charge is 2.54. The molecule has 1 fully saturated rings. The maximum absolute atomic E-state index is 13.2. The van der Waals surface area contributed by atoms with E-state index in [9.17, 15) is 14.4 Å². The van der Waals surface area contributed by atoms with E-state index in [2.05, 4.69) is 5.32 Å². The van der Waals surface area contributed by atoms with Gasteiger partial charge in [-0.25, -0.2) is 4.79 Å². The van der Waals surface area contributed by atoms with Gasteiger partial charge in [0.1, 0.15) is 5.54 Å². The fourth-order valence-corrected chi connectivity index (χ4v) is 5.66. The molecule has 0 saturated carbocycles. The third kappa shape index (κ3) is 2.46. The summed E-state index contributed by atoms with van der Waals surface area (Å²) in [5, 5.41) is 4.87. The molecule has 0 bridgehead atoms. The van der Waals surface area contributed by atoms with Crippen molar-refractivity contribution in [3.8, 4) is 0 Å². The SMILES string of the molecule is O=C(CN1C(=O)NC2(CCCc3sccc32)C1=O)c1ccc2c(c1)CCC2. The van der Waals surface area contributed by atoms with Gasteiger partial charge in [0.25, 0.3) is 5.91 Å². The number of ketones is 1. The van der Waals surface area contributed by atoms with Crippen LogP contribution in [0.2, 0.25) is 0 Å². The molecular formula is C21H20N2O3S. The van der Waals surface area contributed by atoms with Crippen LogP contribution in [0.25, 0.3) is 0 Å². The van der Waals surface area contributed by atoms with Crippen molar-refractivity contribution in [1.82, 2.24) is 10.2 Å². The molecule has 1 aliphatic heterocycles. The van der Waals surface area contributed by atoms with Crippen LogP contribution in [0.5, 0.6) is 0 Å². The number of rotatable bonds is 3. The van der Waals surface area contributed by atoms with Crippen LogP contribution < -0.4 is 5.32 Å². The summed E-state index contributed by atoms with van der Waals surface area (Å²) >= 11 is 1.62. The van der Waals surface area contributed by atoms with Gasteiger partial charge in [-0.3, -0.25) is 14.5 Å². The topological polar surface area (TPSA) is 66.5 Å². The summed E-state index contributed by atoms with van der Waals surface area (Å²) in [6.07, 6.45) is 5.54. The van der Waals surface area contributed by atoms with Crippen molar-refractivity contribution in [1.29, 1.82) is 0 Å². The van der Waals surface area contributed by atoms with Gasteiger partial charge in [-0.15, -0.1) is 11.3 Å². The number of carbonyl (C=O) groups excluding carboxylic acids is 3. The Bertz CT molecular complexity index is 980. The summed E-state index contributed by atoms with van der Waals surface area (Å²) in [5.41, 5.74) is 3.02. The molecule has 3 aliphatic rings. The van der Waals surface area contributed by atoms with Crippen molar-refractivity contribution >= 4 is 29.1 Å².